The molecular formula is C18H32F3NO4. The van der Waals surface area contributed by atoms with E-state index in [1.54, 1.807) is 0 Å². The number of carboxylic acids is 1. The second kappa shape index (κ2) is 13.8. The van der Waals surface area contributed by atoms with Crippen LogP contribution in [0.5, 0.6) is 0 Å². The van der Waals surface area contributed by atoms with Gasteiger partial charge in [-0.15, -0.1) is 0 Å². The monoisotopic (exact) mass is 383 g/mol. The van der Waals surface area contributed by atoms with Gasteiger partial charge in [-0.1, -0.05) is 32.1 Å². The van der Waals surface area contributed by atoms with Crippen LogP contribution < -0.4 is 5.73 Å². The smallest absolute Gasteiger partial charge is 0.389 e. The van der Waals surface area contributed by atoms with E-state index < -0.39 is 24.7 Å². The normalized spacial score (nSPS) is 14.2. The second-order valence-electron chi connectivity index (χ2n) is 6.89. The van der Waals surface area contributed by atoms with Crippen molar-refractivity contribution in [2.75, 3.05) is 0 Å². The van der Waals surface area contributed by atoms with Crippen LogP contribution in [-0.4, -0.2) is 34.4 Å². The van der Waals surface area contributed by atoms with E-state index >= 15 is 0 Å². The Morgan fingerprint density at radius 2 is 1.38 bits per heavy atom. The van der Waals surface area contributed by atoms with E-state index in [2.05, 4.69) is 0 Å². The minimum atomic E-state index is -4.15. The topological polar surface area (TPSA) is 101 Å². The average Bonchev–Trinajstić information content (AvgIpc) is 2.51. The van der Waals surface area contributed by atoms with Gasteiger partial charge >= 0.3 is 12.1 Å². The van der Waals surface area contributed by atoms with E-state index in [1.807, 2.05) is 0 Å². The molecule has 0 aliphatic heterocycles. The molecule has 0 aliphatic carbocycles. The molecule has 8 heteroatoms. The summed E-state index contributed by atoms with van der Waals surface area (Å²) in [6, 6.07) is 0. The predicted octanol–water partition coefficient (Wildman–Crippen LogP) is 4.17. The van der Waals surface area contributed by atoms with Crippen molar-refractivity contribution in [2.45, 2.75) is 95.8 Å². The Bertz CT molecular complexity index is 402. The summed E-state index contributed by atoms with van der Waals surface area (Å²) in [5.41, 5.74) is 5.39. The van der Waals surface area contributed by atoms with Gasteiger partial charge in [0, 0.05) is 18.8 Å². The standard InChI is InChI=1S/C18H32F3NO4/c19-18(20,21)13-6-5-10-15(23)11-7-9-14(17(22)26)8-3-1-2-4-12-16(24)25/h14-15,23H,1-13H2,(H2,22,26)(H,24,25). The number of nitrogens with two attached hydrogens (primary N) is 1. The maximum atomic E-state index is 12.0. The van der Waals surface area contributed by atoms with Crippen molar-refractivity contribution in [1.29, 1.82) is 0 Å². The fraction of sp³-hybridized carbons (Fsp3) is 0.889. The van der Waals surface area contributed by atoms with Crippen LogP contribution in [0, 0.1) is 5.92 Å². The third-order valence-electron chi connectivity index (χ3n) is 4.43. The number of halogens is 3. The quantitative estimate of drug-likeness (QED) is 0.348. The number of aliphatic carboxylic acids is 1. The summed E-state index contributed by atoms with van der Waals surface area (Å²) in [5.74, 6) is -1.46. The van der Waals surface area contributed by atoms with Crippen LogP contribution in [0.25, 0.3) is 0 Å². The highest BCUT2D eigenvalue weighted by molar-refractivity contribution is 5.76. The molecule has 0 saturated heterocycles. The number of aliphatic hydroxyl groups is 1. The molecule has 0 aliphatic rings. The van der Waals surface area contributed by atoms with Crippen LogP contribution >= 0.6 is 0 Å². The lowest BCUT2D eigenvalue weighted by atomic mass is 9.93. The van der Waals surface area contributed by atoms with E-state index in [1.165, 1.54) is 0 Å². The number of primary amides is 1. The molecule has 154 valence electrons. The lowest BCUT2D eigenvalue weighted by Gasteiger charge is -2.15. The molecule has 0 aromatic carbocycles. The second-order valence-corrected chi connectivity index (χ2v) is 6.89. The Balaban J connectivity index is 3.78. The summed E-state index contributed by atoms with van der Waals surface area (Å²) in [7, 11) is 0. The van der Waals surface area contributed by atoms with Gasteiger partial charge in [-0.05, 0) is 38.5 Å². The van der Waals surface area contributed by atoms with E-state index in [-0.39, 0.29) is 24.7 Å². The molecule has 0 aromatic rings. The molecule has 0 spiro atoms. The van der Waals surface area contributed by atoms with Crippen molar-refractivity contribution in [3.63, 3.8) is 0 Å². The molecule has 0 fully saturated rings. The van der Waals surface area contributed by atoms with Gasteiger partial charge in [-0.2, -0.15) is 13.2 Å². The van der Waals surface area contributed by atoms with Gasteiger partial charge in [0.25, 0.3) is 0 Å². The first-order valence-corrected chi connectivity index (χ1v) is 9.37. The maximum absolute atomic E-state index is 12.0. The van der Waals surface area contributed by atoms with Gasteiger partial charge in [-0.25, -0.2) is 0 Å². The zero-order chi connectivity index (χ0) is 20.0. The Morgan fingerprint density at radius 3 is 1.96 bits per heavy atom. The number of aliphatic hydroxyl groups excluding tert-OH is 1. The molecule has 5 nitrogen and oxygen atoms in total. The van der Waals surface area contributed by atoms with Crippen molar-refractivity contribution in [3.8, 4) is 0 Å². The number of carbonyl (C=O) groups excluding carboxylic acids is 1. The lowest BCUT2D eigenvalue weighted by Crippen LogP contribution is -2.23. The zero-order valence-electron chi connectivity index (χ0n) is 15.3. The molecule has 26 heavy (non-hydrogen) atoms. The molecule has 0 bridgehead atoms. The summed E-state index contributed by atoms with van der Waals surface area (Å²) in [6.45, 7) is 0. The Labute approximate surface area is 153 Å². The Kier molecular flexibility index (Phi) is 13.1. The van der Waals surface area contributed by atoms with Gasteiger partial charge in [-0.3, -0.25) is 9.59 Å². The first-order valence-electron chi connectivity index (χ1n) is 9.37. The molecule has 0 heterocycles. The van der Waals surface area contributed by atoms with Crippen LogP contribution in [0.3, 0.4) is 0 Å². The molecule has 0 saturated carbocycles. The number of carboxylic acid groups (broad SMARTS) is 1. The van der Waals surface area contributed by atoms with E-state index in [0.717, 1.165) is 19.3 Å². The minimum Gasteiger partial charge on any atom is -0.481 e. The number of hydrogen-bond donors (Lipinski definition) is 3. The summed E-state index contributed by atoms with van der Waals surface area (Å²) in [6.07, 6.45) is 0.549. The van der Waals surface area contributed by atoms with Crippen molar-refractivity contribution in [1.82, 2.24) is 0 Å². The van der Waals surface area contributed by atoms with Crippen molar-refractivity contribution < 1.29 is 33.0 Å². The largest absolute Gasteiger partial charge is 0.481 e. The van der Waals surface area contributed by atoms with Crippen molar-refractivity contribution >= 4 is 11.9 Å². The maximum Gasteiger partial charge on any atom is 0.389 e. The predicted molar refractivity (Wildman–Crippen MR) is 92.4 cm³/mol. The highest BCUT2D eigenvalue weighted by Gasteiger charge is 2.26. The summed E-state index contributed by atoms with van der Waals surface area (Å²) < 4.78 is 36.1. The van der Waals surface area contributed by atoms with Crippen LogP contribution in [-0.2, 0) is 9.59 Å². The SMILES string of the molecule is NC(=O)C(CCCCCCC(=O)O)CCCC(O)CCCCC(F)(F)F. The number of unbranched alkanes of at least 4 members (excludes halogenated alkanes) is 4. The van der Waals surface area contributed by atoms with E-state index in [9.17, 15) is 27.9 Å². The Hall–Kier alpha value is -1.31. The number of rotatable bonds is 16. The third kappa shape index (κ3) is 16.2. The number of amides is 1. The number of carbonyl (C=O) groups is 2. The third-order valence-corrected chi connectivity index (χ3v) is 4.43. The summed E-state index contributed by atoms with van der Waals surface area (Å²) in [4.78, 5) is 21.9. The van der Waals surface area contributed by atoms with Gasteiger partial charge < -0.3 is 15.9 Å². The highest BCUT2D eigenvalue weighted by atomic mass is 19.4. The fourth-order valence-electron chi connectivity index (χ4n) is 2.90. The summed E-state index contributed by atoms with van der Waals surface area (Å²) in [5, 5.41) is 18.3. The molecule has 2 atom stereocenters. The van der Waals surface area contributed by atoms with E-state index in [0.29, 0.717) is 44.9 Å². The van der Waals surface area contributed by atoms with Crippen molar-refractivity contribution in [2.24, 2.45) is 11.7 Å². The molecule has 0 radical (unpaired) electrons. The van der Waals surface area contributed by atoms with Crippen LogP contribution in [0.15, 0.2) is 0 Å². The molecule has 0 aromatic heterocycles. The first kappa shape index (κ1) is 24.7. The molecule has 4 N–H and O–H groups in total. The van der Waals surface area contributed by atoms with Crippen molar-refractivity contribution in [3.05, 3.63) is 0 Å². The van der Waals surface area contributed by atoms with Gasteiger partial charge in [0.2, 0.25) is 5.91 Å². The number of hydrogen-bond acceptors (Lipinski definition) is 3. The van der Waals surface area contributed by atoms with Crippen LogP contribution in [0.4, 0.5) is 13.2 Å². The van der Waals surface area contributed by atoms with Crippen LogP contribution in [0.1, 0.15) is 83.5 Å². The van der Waals surface area contributed by atoms with Gasteiger partial charge in [0.15, 0.2) is 0 Å². The minimum absolute atomic E-state index is 0.0202. The van der Waals surface area contributed by atoms with E-state index in [4.69, 9.17) is 10.8 Å². The first-order chi connectivity index (χ1) is 12.1. The molecule has 2 unspecified atom stereocenters. The molecular weight excluding hydrogens is 351 g/mol. The zero-order valence-corrected chi connectivity index (χ0v) is 15.3. The van der Waals surface area contributed by atoms with Gasteiger partial charge in [0.05, 0.1) is 6.10 Å². The molecule has 0 rings (SSSR count). The lowest BCUT2D eigenvalue weighted by molar-refractivity contribution is -0.137. The number of alkyl halides is 3. The average molecular weight is 383 g/mol. The summed E-state index contributed by atoms with van der Waals surface area (Å²) >= 11 is 0. The molecule has 1 amide bonds. The highest BCUT2D eigenvalue weighted by Crippen LogP contribution is 2.24. The van der Waals surface area contributed by atoms with Gasteiger partial charge in [0.1, 0.15) is 0 Å². The fourth-order valence-corrected chi connectivity index (χ4v) is 2.90. The van der Waals surface area contributed by atoms with Crippen LogP contribution in [0.2, 0.25) is 0 Å². The Morgan fingerprint density at radius 1 is 0.846 bits per heavy atom.